The Morgan fingerprint density at radius 2 is 2.18 bits per heavy atom. The summed E-state index contributed by atoms with van der Waals surface area (Å²) in [5.74, 6) is 0.490. The lowest BCUT2D eigenvalue weighted by Gasteiger charge is -2.37. The predicted molar refractivity (Wildman–Crippen MR) is 80.3 cm³/mol. The van der Waals surface area contributed by atoms with Gasteiger partial charge in [-0.15, -0.1) is 0 Å². The second-order valence-corrected chi connectivity index (χ2v) is 5.85. The monoisotopic (exact) mass is 308 g/mol. The molecule has 7 heteroatoms. The first kappa shape index (κ1) is 15.5. The normalized spacial score (nSPS) is 24.3. The van der Waals surface area contributed by atoms with E-state index in [1.54, 1.807) is 17.1 Å². The van der Waals surface area contributed by atoms with Crippen molar-refractivity contribution in [1.29, 1.82) is 0 Å². The molecule has 3 rings (SSSR count). The number of amides is 1. The van der Waals surface area contributed by atoms with Crippen molar-refractivity contribution < 1.29 is 14.3 Å². The van der Waals surface area contributed by atoms with Gasteiger partial charge in [0.1, 0.15) is 6.54 Å². The molecule has 3 heterocycles. The third-order valence-electron chi connectivity index (χ3n) is 4.40. The first-order valence-electron chi connectivity index (χ1n) is 7.96. The van der Waals surface area contributed by atoms with Gasteiger partial charge in [0.2, 0.25) is 5.91 Å². The molecular formula is C15H24N4O3. The molecule has 2 aliphatic rings. The van der Waals surface area contributed by atoms with Gasteiger partial charge < -0.3 is 14.8 Å². The lowest BCUT2D eigenvalue weighted by atomic mass is 9.97. The second kappa shape index (κ2) is 7.71. The Balaban J connectivity index is 1.53. The molecule has 2 aliphatic heterocycles. The van der Waals surface area contributed by atoms with E-state index in [2.05, 4.69) is 15.3 Å². The third kappa shape index (κ3) is 4.06. The van der Waals surface area contributed by atoms with Crippen LogP contribution in [0.5, 0.6) is 0 Å². The summed E-state index contributed by atoms with van der Waals surface area (Å²) in [6.45, 7) is 5.94. The molecule has 1 aromatic heterocycles. The van der Waals surface area contributed by atoms with Gasteiger partial charge in [0.25, 0.3) is 0 Å². The van der Waals surface area contributed by atoms with Gasteiger partial charge in [-0.25, -0.2) is 0 Å². The lowest BCUT2D eigenvalue weighted by Crippen LogP contribution is -2.52. The maximum absolute atomic E-state index is 12.1. The largest absolute Gasteiger partial charge is 0.381 e. The zero-order valence-corrected chi connectivity index (χ0v) is 12.8. The number of hydrogen-bond donors (Lipinski definition) is 1. The number of nitrogens with one attached hydrogen (secondary N) is 1. The van der Waals surface area contributed by atoms with Gasteiger partial charge in [-0.3, -0.25) is 14.4 Å². The number of hydrogen-bond acceptors (Lipinski definition) is 5. The molecule has 2 saturated heterocycles. The molecule has 0 bridgehead atoms. The van der Waals surface area contributed by atoms with Crippen LogP contribution in [0.2, 0.25) is 0 Å². The van der Waals surface area contributed by atoms with Crippen molar-refractivity contribution in [3.05, 3.63) is 18.5 Å². The van der Waals surface area contributed by atoms with Gasteiger partial charge in [0.05, 0.1) is 19.8 Å². The maximum atomic E-state index is 12.1. The standard InChI is InChI=1S/C15H24N4O3/c20-15(11-19-4-1-3-17-19)16-10-14(13-2-7-22-12-13)18-5-8-21-9-6-18/h1,3-4,13-14H,2,5-12H2,(H,16,20). The van der Waals surface area contributed by atoms with Gasteiger partial charge in [0.15, 0.2) is 0 Å². The average molecular weight is 308 g/mol. The first-order chi connectivity index (χ1) is 10.8. The molecule has 2 atom stereocenters. The van der Waals surface area contributed by atoms with E-state index < -0.39 is 0 Å². The number of carbonyl (C=O) groups excluding carboxylic acids is 1. The van der Waals surface area contributed by atoms with E-state index in [0.29, 0.717) is 18.5 Å². The summed E-state index contributed by atoms with van der Waals surface area (Å²) < 4.78 is 12.6. The van der Waals surface area contributed by atoms with Gasteiger partial charge in [0, 0.05) is 50.6 Å². The van der Waals surface area contributed by atoms with Crippen molar-refractivity contribution >= 4 is 5.91 Å². The van der Waals surface area contributed by atoms with E-state index in [1.807, 2.05) is 6.07 Å². The van der Waals surface area contributed by atoms with Crippen LogP contribution < -0.4 is 5.32 Å². The molecule has 1 aromatic rings. The molecule has 0 spiro atoms. The highest BCUT2D eigenvalue weighted by molar-refractivity contribution is 5.75. The fraction of sp³-hybridized carbons (Fsp3) is 0.733. The van der Waals surface area contributed by atoms with E-state index in [0.717, 1.165) is 45.9 Å². The van der Waals surface area contributed by atoms with Gasteiger partial charge >= 0.3 is 0 Å². The summed E-state index contributed by atoms with van der Waals surface area (Å²) in [7, 11) is 0. The molecule has 0 aromatic carbocycles. The molecule has 7 nitrogen and oxygen atoms in total. The predicted octanol–water partition coefficient (Wildman–Crippen LogP) is -0.263. The Hall–Kier alpha value is -1.44. The number of aromatic nitrogens is 2. The van der Waals surface area contributed by atoms with Gasteiger partial charge in [-0.1, -0.05) is 0 Å². The number of morpholine rings is 1. The SMILES string of the molecule is O=C(Cn1cccn1)NCC(C1CCOC1)N1CCOCC1. The minimum absolute atomic E-state index is 0.000810. The lowest BCUT2D eigenvalue weighted by molar-refractivity contribution is -0.122. The van der Waals surface area contributed by atoms with Crippen LogP contribution in [0.25, 0.3) is 0 Å². The Morgan fingerprint density at radius 3 is 2.86 bits per heavy atom. The summed E-state index contributed by atoms with van der Waals surface area (Å²) in [4.78, 5) is 14.5. The van der Waals surface area contributed by atoms with Crippen molar-refractivity contribution in [3.63, 3.8) is 0 Å². The van der Waals surface area contributed by atoms with Gasteiger partial charge in [-0.05, 0) is 12.5 Å². The maximum Gasteiger partial charge on any atom is 0.241 e. The van der Waals surface area contributed by atoms with Crippen LogP contribution in [0.1, 0.15) is 6.42 Å². The third-order valence-corrected chi connectivity index (χ3v) is 4.40. The van der Waals surface area contributed by atoms with Crippen LogP contribution in [0.4, 0.5) is 0 Å². The van der Waals surface area contributed by atoms with E-state index in [4.69, 9.17) is 9.47 Å². The molecule has 2 unspecified atom stereocenters. The van der Waals surface area contributed by atoms with E-state index in [9.17, 15) is 4.79 Å². The zero-order chi connectivity index (χ0) is 15.2. The van der Waals surface area contributed by atoms with Crippen LogP contribution >= 0.6 is 0 Å². The molecule has 0 radical (unpaired) electrons. The van der Waals surface area contributed by atoms with E-state index in [1.165, 1.54) is 0 Å². The minimum Gasteiger partial charge on any atom is -0.381 e. The summed E-state index contributed by atoms with van der Waals surface area (Å²) in [5.41, 5.74) is 0. The molecule has 1 N–H and O–H groups in total. The summed E-state index contributed by atoms with van der Waals surface area (Å²) in [5, 5.41) is 7.12. The zero-order valence-electron chi connectivity index (χ0n) is 12.8. The van der Waals surface area contributed by atoms with Crippen LogP contribution in [0.3, 0.4) is 0 Å². The quantitative estimate of drug-likeness (QED) is 0.784. The van der Waals surface area contributed by atoms with Crippen molar-refractivity contribution in [1.82, 2.24) is 20.0 Å². The summed E-state index contributed by atoms with van der Waals surface area (Å²) in [6, 6.07) is 2.15. The highest BCUT2D eigenvalue weighted by Gasteiger charge is 2.31. The average Bonchev–Trinajstić information content (AvgIpc) is 3.22. The first-order valence-corrected chi connectivity index (χ1v) is 7.96. The Labute approximate surface area is 130 Å². The van der Waals surface area contributed by atoms with E-state index >= 15 is 0 Å². The van der Waals surface area contributed by atoms with Gasteiger partial charge in [-0.2, -0.15) is 5.10 Å². The molecule has 122 valence electrons. The van der Waals surface area contributed by atoms with E-state index in [-0.39, 0.29) is 12.5 Å². The fourth-order valence-electron chi connectivity index (χ4n) is 3.17. The Morgan fingerprint density at radius 1 is 1.32 bits per heavy atom. The minimum atomic E-state index is 0.000810. The van der Waals surface area contributed by atoms with Crippen LogP contribution in [0.15, 0.2) is 18.5 Å². The Bertz CT molecular complexity index is 453. The smallest absolute Gasteiger partial charge is 0.241 e. The number of carbonyl (C=O) groups is 1. The second-order valence-electron chi connectivity index (χ2n) is 5.85. The topological polar surface area (TPSA) is 68.6 Å². The number of ether oxygens (including phenoxy) is 2. The molecule has 2 fully saturated rings. The van der Waals surface area contributed by atoms with Crippen LogP contribution in [-0.4, -0.2) is 72.7 Å². The summed E-state index contributed by atoms with van der Waals surface area (Å²) >= 11 is 0. The molecule has 0 aliphatic carbocycles. The van der Waals surface area contributed by atoms with Crippen molar-refractivity contribution in [2.75, 3.05) is 46.1 Å². The van der Waals surface area contributed by atoms with Crippen molar-refractivity contribution in [3.8, 4) is 0 Å². The van der Waals surface area contributed by atoms with Crippen LogP contribution in [0, 0.1) is 5.92 Å². The highest BCUT2D eigenvalue weighted by Crippen LogP contribution is 2.21. The Kier molecular flexibility index (Phi) is 5.42. The van der Waals surface area contributed by atoms with Crippen LogP contribution in [-0.2, 0) is 20.8 Å². The highest BCUT2D eigenvalue weighted by atomic mass is 16.5. The summed E-state index contributed by atoms with van der Waals surface area (Å²) in [6.07, 6.45) is 4.54. The van der Waals surface area contributed by atoms with Crippen molar-refractivity contribution in [2.45, 2.75) is 19.0 Å². The van der Waals surface area contributed by atoms with Crippen molar-refractivity contribution in [2.24, 2.45) is 5.92 Å². The molecule has 0 saturated carbocycles. The number of rotatable bonds is 6. The molecule has 1 amide bonds. The number of nitrogens with zero attached hydrogens (tertiary/aromatic N) is 3. The molecule has 22 heavy (non-hydrogen) atoms. The molecular weight excluding hydrogens is 284 g/mol. The fourth-order valence-corrected chi connectivity index (χ4v) is 3.17.